The molecule has 0 heterocycles. The minimum atomic E-state index is -1.29. The Morgan fingerprint density at radius 3 is 2.86 bits per heavy atom. The van der Waals surface area contributed by atoms with Gasteiger partial charge in [-0.25, -0.2) is 0 Å². The monoisotopic (exact) mass is 193 g/mol. The quantitative estimate of drug-likeness (QED) is 0.632. The number of rotatable bonds is 4. The zero-order valence-corrected chi connectivity index (χ0v) is 7.60. The number of carbonyl (C=O) groups excluding carboxylic acids is 2. The molecule has 1 rings (SSSR count). The molecule has 74 valence electrons. The normalized spacial score (nSPS) is 11.8. The van der Waals surface area contributed by atoms with E-state index in [1.807, 2.05) is 0 Å². The van der Waals surface area contributed by atoms with Crippen molar-refractivity contribution in [1.29, 1.82) is 0 Å². The Hall–Kier alpha value is -1.84. The molecule has 0 bridgehead atoms. The van der Waals surface area contributed by atoms with Gasteiger partial charge in [0.15, 0.2) is 0 Å². The molecule has 0 spiro atoms. The Morgan fingerprint density at radius 1 is 1.57 bits per heavy atom. The first-order valence-corrected chi connectivity index (χ1v) is 4.06. The number of hydrogen-bond donors (Lipinski definition) is 0. The molecule has 0 unspecified atom stereocenters. The molecular weight excluding hydrogens is 184 g/mol. The van der Waals surface area contributed by atoms with E-state index < -0.39 is 12.1 Å². The van der Waals surface area contributed by atoms with Gasteiger partial charge >= 0.3 is 0 Å². The van der Waals surface area contributed by atoms with E-state index in [0.717, 1.165) is 0 Å². The van der Waals surface area contributed by atoms with Crippen molar-refractivity contribution in [1.82, 2.24) is 0 Å². The summed E-state index contributed by atoms with van der Waals surface area (Å²) >= 11 is 0. The average molecular weight is 193 g/mol. The lowest BCUT2D eigenvalue weighted by Crippen LogP contribution is -2.37. The lowest BCUT2D eigenvalue weighted by molar-refractivity contribution is -0.312. The molecular formula is C10H9O4-. The number of benzene rings is 1. The Bertz CT molecular complexity index is 346. The third kappa shape index (κ3) is 2.58. The molecule has 4 nitrogen and oxygen atoms in total. The highest BCUT2D eigenvalue weighted by Crippen LogP contribution is 2.13. The van der Waals surface area contributed by atoms with Crippen LogP contribution in [0.1, 0.15) is 17.3 Å². The summed E-state index contributed by atoms with van der Waals surface area (Å²) in [7, 11) is 0. The van der Waals surface area contributed by atoms with E-state index in [1.165, 1.54) is 13.0 Å². The maximum atomic E-state index is 10.4. The summed E-state index contributed by atoms with van der Waals surface area (Å²) < 4.78 is 5.00. The first-order valence-electron chi connectivity index (χ1n) is 4.06. The molecule has 0 radical (unpaired) electrons. The Labute approximate surface area is 81.1 Å². The van der Waals surface area contributed by atoms with Crippen LogP contribution in [0.5, 0.6) is 5.75 Å². The molecule has 1 aromatic rings. The number of carboxylic acid groups (broad SMARTS) is 1. The van der Waals surface area contributed by atoms with E-state index in [2.05, 4.69) is 0 Å². The predicted octanol–water partition coefficient (Wildman–Crippen LogP) is 0.0163. The Morgan fingerprint density at radius 2 is 2.29 bits per heavy atom. The van der Waals surface area contributed by atoms with Crippen LogP contribution in [0.3, 0.4) is 0 Å². The number of ether oxygens (including phenoxy) is 1. The van der Waals surface area contributed by atoms with Crippen molar-refractivity contribution in [3.8, 4) is 5.75 Å². The van der Waals surface area contributed by atoms with Crippen molar-refractivity contribution >= 4 is 12.3 Å². The van der Waals surface area contributed by atoms with Gasteiger partial charge in [-0.2, -0.15) is 0 Å². The zero-order valence-electron chi connectivity index (χ0n) is 7.60. The third-order valence-corrected chi connectivity index (χ3v) is 1.64. The minimum absolute atomic E-state index is 0.339. The summed E-state index contributed by atoms with van der Waals surface area (Å²) in [6.45, 7) is 1.36. The van der Waals surface area contributed by atoms with Crippen LogP contribution < -0.4 is 9.84 Å². The Kier molecular flexibility index (Phi) is 3.23. The Balaban J connectivity index is 2.76. The van der Waals surface area contributed by atoms with Crippen LogP contribution in [0, 0.1) is 0 Å². The van der Waals surface area contributed by atoms with E-state index >= 15 is 0 Å². The van der Waals surface area contributed by atoms with E-state index in [9.17, 15) is 14.7 Å². The molecule has 0 saturated carbocycles. The molecule has 0 fully saturated rings. The predicted molar refractivity (Wildman–Crippen MR) is 46.9 cm³/mol. The molecule has 0 N–H and O–H groups in total. The number of aldehydes is 1. The summed E-state index contributed by atoms with van der Waals surface area (Å²) in [5.41, 5.74) is 0.438. The van der Waals surface area contributed by atoms with Crippen LogP contribution in [-0.2, 0) is 4.79 Å². The highest BCUT2D eigenvalue weighted by Gasteiger charge is 2.04. The van der Waals surface area contributed by atoms with Crippen LogP contribution in [0.15, 0.2) is 24.3 Å². The van der Waals surface area contributed by atoms with Gasteiger partial charge in [-0.05, 0) is 19.1 Å². The fourth-order valence-electron chi connectivity index (χ4n) is 0.913. The van der Waals surface area contributed by atoms with Crippen LogP contribution in [-0.4, -0.2) is 18.4 Å². The van der Waals surface area contributed by atoms with Crippen molar-refractivity contribution in [2.24, 2.45) is 0 Å². The summed E-state index contributed by atoms with van der Waals surface area (Å²) in [5, 5.41) is 10.4. The molecule has 1 aromatic carbocycles. The highest BCUT2D eigenvalue weighted by atomic mass is 16.5. The van der Waals surface area contributed by atoms with Gasteiger partial charge in [0.25, 0.3) is 0 Å². The maximum Gasteiger partial charge on any atom is 0.150 e. The van der Waals surface area contributed by atoms with Crippen molar-refractivity contribution in [2.45, 2.75) is 13.0 Å². The van der Waals surface area contributed by atoms with Crippen LogP contribution in [0.4, 0.5) is 0 Å². The highest BCUT2D eigenvalue weighted by molar-refractivity contribution is 5.75. The first-order chi connectivity index (χ1) is 6.63. The van der Waals surface area contributed by atoms with E-state index in [4.69, 9.17) is 4.74 Å². The first kappa shape index (κ1) is 10.2. The molecule has 0 aliphatic carbocycles. The van der Waals surface area contributed by atoms with Gasteiger partial charge in [-0.1, -0.05) is 12.1 Å². The molecule has 4 heteroatoms. The SMILES string of the molecule is C[C@@H](Oc1cccc(C=O)c1)C(=O)[O-]. The standard InChI is InChI=1S/C10H10O4/c1-7(10(12)13)14-9-4-2-3-8(5-9)6-11/h2-7H,1H3,(H,12,13)/p-1/t7-/m1/s1. The van der Waals surface area contributed by atoms with E-state index in [0.29, 0.717) is 17.6 Å². The van der Waals surface area contributed by atoms with Crippen molar-refractivity contribution < 1.29 is 19.4 Å². The van der Waals surface area contributed by atoms with Gasteiger partial charge in [-0.15, -0.1) is 0 Å². The summed E-state index contributed by atoms with van der Waals surface area (Å²) in [6.07, 6.45) is -0.367. The summed E-state index contributed by atoms with van der Waals surface area (Å²) in [6, 6.07) is 6.25. The van der Waals surface area contributed by atoms with Crippen LogP contribution in [0.2, 0.25) is 0 Å². The lowest BCUT2D eigenvalue weighted by atomic mass is 10.2. The van der Waals surface area contributed by atoms with Gasteiger partial charge in [-0.3, -0.25) is 4.79 Å². The fraction of sp³-hybridized carbons (Fsp3) is 0.200. The maximum absolute atomic E-state index is 10.4. The fourth-order valence-corrected chi connectivity index (χ4v) is 0.913. The van der Waals surface area contributed by atoms with Gasteiger partial charge in [0, 0.05) is 5.56 Å². The lowest BCUT2D eigenvalue weighted by Gasteiger charge is -2.15. The number of aliphatic carboxylic acids is 1. The van der Waals surface area contributed by atoms with Crippen LogP contribution >= 0.6 is 0 Å². The smallest absolute Gasteiger partial charge is 0.150 e. The average Bonchev–Trinajstić information content (AvgIpc) is 2.18. The molecule has 0 aliphatic rings. The molecule has 0 saturated heterocycles. The van der Waals surface area contributed by atoms with Crippen molar-refractivity contribution in [3.05, 3.63) is 29.8 Å². The second-order valence-corrected chi connectivity index (χ2v) is 2.77. The summed E-state index contributed by atoms with van der Waals surface area (Å²) in [4.78, 5) is 20.7. The molecule has 1 atom stereocenters. The second-order valence-electron chi connectivity index (χ2n) is 2.77. The van der Waals surface area contributed by atoms with Gasteiger partial charge < -0.3 is 14.6 Å². The topological polar surface area (TPSA) is 66.4 Å². The zero-order chi connectivity index (χ0) is 10.6. The third-order valence-electron chi connectivity index (χ3n) is 1.64. The number of carbonyl (C=O) groups is 2. The van der Waals surface area contributed by atoms with Crippen molar-refractivity contribution in [3.63, 3.8) is 0 Å². The molecule has 0 aliphatic heterocycles. The number of hydrogen-bond acceptors (Lipinski definition) is 4. The van der Waals surface area contributed by atoms with Gasteiger partial charge in [0.05, 0.1) is 5.97 Å². The summed E-state index contributed by atoms with van der Waals surface area (Å²) in [5.74, 6) is -0.951. The van der Waals surface area contributed by atoms with Gasteiger partial charge in [0.1, 0.15) is 18.1 Å². The molecule has 14 heavy (non-hydrogen) atoms. The largest absolute Gasteiger partial charge is 0.546 e. The van der Waals surface area contributed by atoms with E-state index in [1.54, 1.807) is 18.2 Å². The van der Waals surface area contributed by atoms with Gasteiger partial charge in [0.2, 0.25) is 0 Å². The molecule has 0 amide bonds. The minimum Gasteiger partial charge on any atom is -0.546 e. The number of carboxylic acids is 1. The second kappa shape index (κ2) is 4.41. The van der Waals surface area contributed by atoms with Crippen LogP contribution in [0.25, 0.3) is 0 Å². The van der Waals surface area contributed by atoms with E-state index in [-0.39, 0.29) is 0 Å². The van der Waals surface area contributed by atoms with Crippen molar-refractivity contribution in [2.75, 3.05) is 0 Å². The molecule has 0 aromatic heterocycles.